The summed E-state index contributed by atoms with van der Waals surface area (Å²) in [7, 11) is 1.51. The Kier molecular flexibility index (Phi) is 4.85. The number of aliphatic carboxylic acids is 1. The number of rotatable bonds is 4. The summed E-state index contributed by atoms with van der Waals surface area (Å²) in [6.07, 6.45) is 4.43. The monoisotopic (exact) mass is 309 g/mol. The van der Waals surface area contributed by atoms with Crippen LogP contribution < -0.4 is 10.1 Å². The molecule has 0 bridgehead atoms. The zero-order valence-electron chi connectivity index (χ0n) is 11.5. The lowest BCUT2D eigenvalue weighted by molar-refractivity contribution is -0.146. The van der Waals surface area contributed by atoms with E-state index >= 15 is 0 Å². The highest BCUT2D eigenvalue weighted by atomic mass is 35.5. The molecule has 6 heteroatoms. The van der Waals surface area contributed by atoms with Crippen LogP contribution in [0.5, 0.6) is 5.75 Å². The number of amides is 1. The minimum absolute atomic E-state index is 0.312. The second-order valence-electron chi connectivity index (χ2n) is 4.83. The second-order valence-corrected chi connectivity index (χ2v) is 5.24. The van der Waals surface area contributed by atoms with Crippen LogP contribution in [0.3, 0.4) is 0 Å². The number of hydrogen-bond donors (Lipinski definition) is 2. The van der Waals surface area contributed by atoms with E-state index in [1.807, 2.05) is 6.08 Å². The van der Waals surface area contributed by atoms with Crippen LogP contribution >= 0.6 is 11.6 Å². The molecule has 1 aromatic rings. The summed E-state index contributed by atoms with van der Waals surface area (Å²) >= 11 is 6.00. The maximum Gasteiger partial charge on any atom is 0.307 e. The maximum atomic E-state index is 12.3. The molecule has 0 aromatic heterocycles. The molecule has 1 aliphatic rings. The molecule has 112 valence electrons. The number of anilines is 1. The third-order valence-electron chi connectivity index (χ3n) is 3.51. The second kappa shape index (κ2) is 6.63. The van der Waals surface area contributed by atoms with Crippen LogP contribution in [0.2, 0.25) is 5.02 Å². The maximum absolute atomic E-state index is 12.3. The van der Waals surface area contributed by atoms with Gasteiger partial charge in [-0.25, -0.2) is 0 Å². The van der Waals surface area contributed by atoms with E-state index < -0.39 is 17.8 Å². The van der Waals surface area contributed by atoms with Gasteiger partial charge in [-0.15, -0.1) is 0 Å². The molecule has 0 radical (unpaired) electrons. The lowest BCUT2D eigenvalue weighted by atomic mass is 9.82. The zero-order valence-corrected chi connectivity index (χ0v) is 12.3. The van der Waals surface area contributed by atoms with Gasteiger partial charge in [0.05, 0.1) is 24.0 Å². The topological polar surface area (TPSA) is 75.6 Å². The molecule has 0 saturated heterocycles. The van der Waals surface area contributed by atoms with Crippen molar-refractivity contribution in [2.24, 2.45) is 11.8 Å². The van der Waals surface area contributed by atoms with Crippen LogP contribution in [0.15, 0.2) is 30.4 Å². The Hall–Kier alpha value is -2.01. The molecular weight excluding hydrogens is 294 g/mol. The van der Waals surface area contributed by atoms with Crippen molar-refractivity contribution < 1.29 is 19.4 Å². The molecular formula is C15H16ClNO4. The number of carboxylic acid groups (broad SMARTS) is 1. The zero-order chi connectivity index (χ0) is 15.4. The lowest BCUT2D eigenvalue weighted by Gasteiger charge is -2.24. The molecule has 1 aliphatic carbocycles. The Morgan fingerprint density at radius 2 is 1.95 bits per heavy atom. The van der Waals surface area contributed by atoms with Crippen LogP contribution in [-0.4, -0.2) is 24.1 Å². The number of halogens is 1. The molecule has 0 heterocycles. The van der Waals surface area contributed by atoms with Gasteiger partial charge in [-0.05, 0) is 31.0 Å². The summed E-state index contributed by atoms with van der Waals surface area (Å²) in [5.74, 6) is -2.02. The number of carbonyl (C=O) groups excluding carboxylic acids is 1. The Morgan fingerprint density at radius 3 is 2.52 bits per heavy atom. The van der Waals surface area contributed by atoms with Crippen molar-refractivity contribution >= 4 is 29.2 Å². The molecule has 5 nitrogen and oxygen atoms in total. The third-order valence-corrected chi connectivity index (χ3v) is 3.80. The number of benzene rings is 1. The number of carbonyl (C=O) groups is 2. The van der Waals surface area contributed by atoms with E-state index in [1.54, 1.807) is 24.3 Å². The van der Waals surface area contributed by atoms with Gasteiger partial charge in [0.2, 0.25) is 5.91 Å². The summed E-state index contributed by atoms with van der Waals surface area (Å²) in [6.45, 7) is 0. The smallest absolute Gasteiger partial charge is 0.307 e. The molecule has 0 spiro atoms. The quantitative estimate of drug-likeness (QED) is 0.838. The standard InChI is InChI=1S/C15H16ClNO4/c1-21-13-7-6-9(8-12(13)16)17-14(18)10-4-2-3-5-11(10)15(19)20/h2-3,6-8,10-11H,4-5H2,1H3,(H,17,18)(H,19,20)/t10-,11+/m1/s1. The molecule has 0 aliphatic heterocycles. The van der Waals surface area contributed by atoms with Gasteiger partial charge < -0.3 is 15.2 Å². The Balaban J connectivity index is 2.11. The highest BCUT2D eigenvalue weighted by Crippen LogP contribution is 2.30. The Morgan fingerprint density at radius 1 is 1.29 bits per heavy atom. The van der Waals surface area contributed by atoms with Crippen molar-refractivity contribution in [1.82, 2.24) is 0 Å². The molecule has 1 aromatic carbocycles. The van der Waals surface area contributed by atoms with E-state index in [4.69, 9.17) is 16.3 Å². The summed E-state index contributed by atoms with van der Waals surface area (Å²) in [5, 5.41) is 12.3. The van der Waals surface area contributed by atoms with Crippen molar-refractivity contribution in [3.05, 3.63) is 35.4 Å². The largest absolute Gasteiger partial charge is 0.495 e. The van der Waals surface area contributed by atoms with Crippen LogP contribution in [0.1, 0.15) is 12.8 Å². The first kappa shape index (κ1) is 15.4. The average Bonchev–Trinajstić information content (AvgIpc) is 2.47. The molecule has 2 rings (SSSR count). The summed E-state index contributed by atoms with van der Waals surface area (Å²) in [4.78, 5) is 23.5. The number of ether oxygens (including phenoxy) is 1. The van der Waals surface area contributed by atoms with Gasteiger partial charge in [0.15, 0.2) is 0 Å². The first-order valence-electron chi connectivity index (χ1n) is 6.55. The summed E-state index contributed by atoms with van der Waals surface area (Å²) < 4.78 is 5.04. The number of nitrogens with one attached hydrogen (secondary N) is 1. The number of carboxylic acids is 1. The van der Waals surface area contributed by atoms with Gasteiger partial charge in [0.25, 0.3) is 0 Å². The normalized spacial score (nSPS) is 20.9. The lowest BCUT2D eigenvalue weighted by Crippen LogP contribution is -2.34. The minimum atomic E-state index is -0.952. The average molecular weight is 310 g/mol. The predicted molar refractivity (Wildman–Crippen MR) is 79.6 cm³/mol. The third kappa shape index (κ3) is 3.55. The molecule has 0 unspecified atom stereocenters. The van der Waals surface area contributed by atoms with E-state index in [9.17, 15) is 14.7 Å². The van der Waals surface area contributed by atoms with E-state index in [0.717, 1.165) is 0 Å². The molecule has 0 saturated carbocycles. The van der Waals surface area contributed by atoms with E-state index in [0.29, 0.717) is 29.3 Å². The van der Waals surface area contributed by atoms with Gasteiger partial charge in [-0.2, -0.15) is 0 Å². The first-order valence-corrected chi connectivity index (χ1v) is 6.93. The van der Waals surface area contributed by atoms with Crippen LogP contribution in [0.25, 0.3) is 0 Å². The van der Waals surface area contributed by atoms with Crippen molar-refractivity contribution in [2.75, 3.05) is 12.4 Å². The van der Waals surface area contributed by atoms with Crippen molar-refractivity contribution in [3.63, 3.8) is 0 Å². The summed E-state index contributed by atoms with van der Waals surface area (Å²) in [5.41, 5.74) is 0.518. The molecule has 21 heavy (non-hydrogen) atoms. The predicted octanol–water partition coefficient (Wildman–Crippen LogP) is 2.95. The van der Waals surface area contributed by atoms with Crippen LogP contribution in [0, 0.1) is 11.8 Å². The van der Waals surface area contributed by atoms with Gasteiger partial charge in [-0.1, -0.05) is 23.8 Å². The highest BCUT2D eigenvalue weighted by Gasteiger charge is 2.33. The SMILES string of the molecule is COc1ccc(NC(=O)[C@@H]2CC=CC[C@@H]2C(=O)O)cc1Cl. The van der Waals surface area contributed by atoms with Gasteiger partial charge in [-0.3, -0.25) is 9.59 Å². The minimum Gasteiger partial charge on any atom is -0.495 e. The van der Waals surface area contributed by atoms with Crippen molar-refractivity contribution in [2.45, 2.75) is 12.8 Å². The molecule has 2 atom stereocenters. The van der Waals surface area contributed by atoms with Gasteiger partial charge in [0, 0.05) is 5.69 Å². The molecule has 2 N–H and O–H groups in total. The molecule has 1 amide bonds. The van der Waals surface area contributed by atoms with Crippen LogP contribution in [0.4, 0.5) is 5.69 Å². The number of allylic oxidation sites excluding steroid dienone is 2. The summed E-state index contributed by atoms with van der Waals surface area (Å²) in [6, 6.07) is 4.89. The van der Waals surface area contributed by atoms with Gasteiger partial charge in [0.1, 0.15) is 5.75 Å². The van der Waals surface area contributed by atoms with Crippen molar-refractivity contribution in [1.29, 1.82) is 0 Å². The fraction of sp³-hybridized carbons (Fsp3) is 0.333. The van der Waals surface area contributed by atoms with E-state index in [1.165, 1.54) is 7.11 Å². The van der Waals surface area contributed by atoms with E-state index in [2.05, 4.69) is 5.32 Å². The molecule has 0 fully saturated rings. The first-order chi connectivity index (χ1) is 10.0. The fourth-order valence-corrected chi connectivity index (χ4v) is 2.61. The number of methoxy groups -OCH3 is 1. The van der Waals surface area contributed by atoms with E-state index in [-0.39, 0.29) is 5.91 Å². The Labute approximate surface area is 127 Å². The fourth-order valence-electron chi connectivity index (χ4n) is 2.36. The highest BCUT2D eigenvalue weighted by molar-refractivity contribution is 6.32. The Bertz CT molecular complexity index is 585. The number of hydrogen-bond acceptors (Lipinski definition) is 3. The van der Waals surface area contributed by atoms with Crippen molar-refractivity contribution in [3.8, 4) is 5.75 Å². The van der Waals surface area contributed by atoms with Crippen LogP contribution in [-0.2, 0) is 9.59 Å². The van der Waals surface area contributed by atoms with Gasteiger partial charge >= 0.3 is 5.97 Å².